The third-order valence-electron chi connectivity index (χ3n) is 4.05. The SMILES string of the molecule is CC(C)CC(c1c(O)ccc2ccccc12)C(C)(C)C. The molecule has 0 saturated heterocycles. The predicted octanol–water partition coefficient (Wildman–Crippen LogP) is 5.72. The molecule has 0 fully saturated rings. The molecule has 0 radical (unpaired) electrons. The van der Waals surface area contributed by atoms with Crippen LogP contribution in [0.5, 0.6) is 5.75 Å². The molecule has 1 atom stereocenters. The van der Waals surface area contributed by atoms with Gasteiger partial charge in [0.25, 0.3) is 0 Å². The average Bonchev–Trinajstić information content (AvgIpc) is 2.35. The van der Waals surface area contributed by atoms with Crippen LogP contribution in [-0.4, -0.2) is 5.11 Å². The molecule has 0 aliphatic carbocycles. The summed E-state index contributed by atoms with van der Waals surface area (Å²) >= 11 is 0. The van der Waals surface area contributed by atoms with Crippen LogP contribution in [0.3, 0.4) is 0 Å². The Balaban J connectivity index is 2.66. The van der Waals surface area contributed by atoms with Gasteiger partial charge in [0, 0.05) is 5.56 Å². The van der Waals surface area contributed by atoms with Gasteiger partial charge < -0.3 is 5.11 Å². The first kappa shape index (κ1) is 14.9. The standard InChI is InChI=1S/C19H26O/c1-13(2)12-16(19(3,4)5)18-15-9-7-6-8-14(15)10-11-17(18)20/h6-11,13,16,20H,12H2,1-5H3. The highest BCUT2D eigenvalue weighted by atomic mass is 16.3. The van der Waals surface area contributed by atoms with Crippen molar-refractivity contribution < 1.29 is 5.11 Å². The number of phenols is 1. The summed E-state index contributed by atoms with van der Waals surface area (Å²) in [6.45, 7) is 11.3. The zero-order valence-corrected chi connectivity index (χ0v) is 13.3. The Morgan fingerprint density at radius 2 is 1.65 bits per heavy atom. The number of phenolic OH excluding ortho intramolecular Hbond substituents is 1. The lowest BCUT2D eigenvalue weighted by atomic mass is 9.71. The maximum Gasteiger partial charge on any atom is 0.119 e. The fourth-order valence-corrected chi connectivity index (χ4v) is 3.03. The molecule has 1 heteroatoms. The second-order valence-corrected chi connectivity index (χ2v) is 7.27. The van der Waals surface area contributed by atoms with Gasteiger partial charge in [0.15, 0.2) is 0 Å². The van der Waals surface area contributed by atoms with E-state index in [9.17, 15) is 5.11 Å². The summed E-state index contributed by atoms with van der Waals surface area (Å²) in [4.78, 5) is 0. The third kappa shape index (κ3) is 2.98. The normalized spacial score (nSPS) is 13.9. The minimum atomic E-state index is 0.131. The van der Waals surface area contributed by atoms with E-state index in [-0.39, 0.29) is 5.41 Å². The first-order valence-corrected chi connectivity index (χ1v) is 7.51. The van der Waals surface area contributed by atoms with Gasteiger partial charge in [0.05, 0.1) is 0 Å². The highest BCUT2D eigenvalue weighted by Gasteiger charge is 2.30. The first-order valence-electron chi connectivity index (χ1n) is 7.51. The van der Waals surface area contributed by atoms with Crippen LogP contribution < -0.4 is 0 Å². The van der Waals surface area contributed by atoms with Crippen LogP contribution in [0, 0.1) is 11.3 Å². The highest BCUT2D eigenvalue weighted by molar-refractivity contribution is 5.88. The first-order chi connectivity index (χ1) is 9.30. The van der Waals surface area contributed by atoms with Crippen molar-refractivity contribution in [3.05, 3.63) is 42.0 Å². The van der Waals surface area contributed by atoms with Crippen LogP contribution in [-0.2, 0) is 0 Å². The average molecular weight is 270 g/mol. The molecule has 0 aliphatic rings. The van der Waals surface area contributed by atoms with E-state index < -0.39 is 0 Å². The van der Waals surface area contributed by atoms with Gasteiger partial charge in [0.1, 0.15) is 5.75 Å². The van der Waals surface area contributed by atoms with E-state index in [1.807, 2.05) is 12.1 Å². The van der Waals surface area contributed by atoms with Gasteiger partial charge >= 0.3 is 0 Å². The fraction of sp³-hybridized carbons (Fsp3) is 0.474. The van der Waals surface area contributed by atoms with Crippen molar-refractivity contribution in [1.82, 2.24) is 0 Å². The van der Waals surface area contributed by atoms with Crippen molar-refractivity contribution in [2.24, 2.45) is 11.3 Å². The molecule has 0 saturated carbocycles. The third-order valence-corrected chi connectivity index (χ3v) is 4.05. The highest BCUT2D eigenvalue weighted by Crippen LogP contribution is 2.45. The molecular formula is C19H26O. The molecule has 0 aromatic heterocycles. The Bertz CT molecular complexity index is 590. The molecule has 0 amide bonds. The molecule has 0 heterocycles. The number of rotatable bonds is 3. The van der Waals surface area contributed by atoms with E-state index in [1.165, 1.54) is 10.8 Å². The van der Waals surface area contributed by atoms with E-state index in [4.69, 9.17) is 0 Å². The van der Waals surface area contributed by atoms with Crippen molar-refractivity contribution >= 4 is 10.8 Å². The van der Waals surface area contributed by atoms with Crippen LogP contribution in [0.25, 0.3) is 10.8 Å². The smallest absolute Gasteiger partial charge is 0.119 e. The zero-order chi connectivity index (χ0) is 14.9. The van der Waals surface area contributed by atoms with Crippen molar-refractivity contribution in [3.63, 3.8) is 0 Å². The Labute approximate surface area is 122 Å². The summed E-state index contributed by atoms with van der Waals surface area (Å²) in [6, 6.07) is 12.2. The van der Waals surface area contributed by atoms with Gasteiger partial charge in [-0.05, 0) is 40.5 Å². The largest absolute Gasteiger partial charge is 0.508 e. The van der Waals surface area contributed by atoms with Gasteiger partial charge in [-0.25, -0.2) is 0 Å². The van der Waals surface area contributed by atoms with Gasteiger partial charge in [-0.1, -0.05) is 65.0 Å². The summed E-state index contributed by atoms with van der Waals surface area (Å²) in [5.74, 6) is 1.40. The second-order valence-electron chi connectivity index (χ2n) is 7.27. The lowest BCUT2D eigenvalue weighted by molar-refractivity contribution is 0.275. The summed E-state index contributed by atoms with van der Waals surface area (Å²) in [7, 11) is 0. The molecule has 2 rings (SSSR count). The zero-order valence-electron chi connectivity index (χ0n) is 13.3. The minimum Gasteiger partial charge on any atom is -0.508 e. The molecule has 1 N–H and O–H groups in total. The molecule has 108 valence electrons. The molecule has 20 heavy (non-hydrogen) atoms. The van der Waals surface area contributed by atoms with Crippen LogP contribution >= 0.6 is 0 Å². The molecule has 2 aromatic rings. The number of benzene rings is 2. The van der Waals surface area contributed by atoms with E-state index >= 15 is 0 Å². The van der Waals surface area contributed by atoms with Gasteiger partial charge in [0.2, 0.25) is 0 Å². The molecular weight excluding hydrogens is 244 g/mol. The number of hydrogen-bond acceptors (Lipinski definition) is 1. The van der Waals surface area contributed by atoms with E-state index in [0.29, 0.717) is 17.6 Å². The maximum absolute atomic E-state index is 10.5. The van der Waals surface area contributed by atoms with Crippen LogP contribution in [0.2, 0.25) is 0 Å². The quantitative estimate of drug-likeness (QED) is 0.756. The monoisotopic (exact) mass is 270 g/mol. The lowest BCUT2D eigenvalue weighted by Gasteiger charge is -2.34. The van der Waals surface area contributed by atoms with Gasteiger partial charge in [-0.15, -0.1) is 0 Å². The van der Waals surface area contributed by atoms with Gasteiger partial charge in [-0.3, -0.25) is 0 Å². The molecule has 1 unspecified atom stereocenters. The lowest BCUT2D eigenvalue weighted by Crippen LogP contribution is -2.20. The molecule has 0 bridgehead atoms. The number of hydrogen-bond donors (Lipinski definition) is 1. The Morgan fingerprint density at radius 1 is 1.00 bits per heavy atom. The second kappa shape index (κ2) is 5.47. The molecule has 0 spiro atoms. The molecule has 0 aliphatic heterocycles. The summed E-state index contributed by atoms with van der Waals surface area (Å²) in [6.07, 6.45) is 1.09. The molecule has 2 aromatic carbocycles. The van der Waals surface area contributed by atoms with Crippen molar-refractivity contribution in [2.45, 2.75) is 47.0 Å². The Kier molecular flexibility index (Phi) is 4.08. The summed E-state index contributed by atoms with van der Waals surface area (Å²) in [5, 5.41) is 12.8. The van der Waals surface area contributed by atoms with E-state index in [2.05, 4.69) is 58.9 Å². The van der Waals surface area contributed by atoms with E-state index in [0.717, 1.165) is 12.0 Å². The van der Waals surface area contributed by atoms with Crippen LogP contribution in [0.15, 0.2) is 36.4 Å². The van der Waals surface area contributed by atoms with Crippen molar-refractivity contribution in [2.75, 3.05) is 0 Å². The van der Waals surface area contributed by atoms with Crippen LogP contribution in [0.1, 0.15) is 52.5 Å². The predicted molar refractivity (Wildman–Crippen MR) is 87.3 cm³/mol. The summed E-state index contributed by atoms with van der Waals surface area (Å²) < 4.78 is 0. The Morgan fingerprint density at radius 3 is 2.25 bits per heavy atom. The fourth-order valence-electron chi connectivity index (χ4n) is 3.03. The van der Waals surface area contributed by atoms with Gasteiger partial charge in [-0.2, -0.15) is 0 Å². The topological polar surface area (TPSA) is 20.2 Å². The summed E-state index contributed by atoms with van der Waals surface area (Å²) in [5.41, 5.74) is 1.25. The van der Waals surface area contributed by atoms with Crippen molar-refractivity contribution in [1.29, 1.82) is 0 Å². The maximum atomic E-state index is 10.5. The van der Waals surface area contributed by atoms with Crippen LogP contribution in [0.4, 0.5) is 0 Å². The number of aromatic hydroxyl groups is 1. The number of fused-ring (bicyclic) bond motifs is 1. The Hall–Kier alpha value is -1.50. The minimum absolute atomic E-state index is 0.131. The van der Waals surface area contributed by atoms with Crippen molar-refractivity contribution in [3.8, 4) is 5.75 Å². The molecule has 1 nitrogen and oxygen atoms in total. The van der Waals surface area contributed by atoms with E-state index in [1.54, 1.807) is 0 Å².